The van der Waals surface area contributed by atoms with Crippen LogP contribution < -0.4 is 4.74 Å². The van der Waals surface area contributed by atoms with E-state index in [0.717, 1.165) is 11.3 Å². The number of rotatable bonds is 5. The van der Waals surface area contributed by atoms with Crippen molar-refractivity contribution in [3.05, 3.63) is 65.3 Å². The number of aryl methyl sites for hydroxylation is 1. The Hall–Kier alpha value is -3.26. The molecule has 0 radical (unpaired) electrons. The molecule has 0 saturated carbocycles. The zero-order chi connectivity index (χ0) is 22.0. The first-order chi connectivity index (χ1) is 15.0. The number of nitrogens with zero attached hydrogens (tertiary/aromatic N) is 4. The fourth-order valence-electron chi connectivity index (χ4n) is 3.69. The fourth-order valence-corrected chi connectivity index (χ4v) is 3.69. The monoisotopic (exact) mass is 424 g/mol. The van der Waals surface area contributed by atoms with Gasteiger partial charge in [0, 0.05) is 37.3 Å². The van der Waals surface area contributed by atoms with E-state index < -0.39 is 0 Å². The molecule has 7 nitrogen and oxygen atoms in total. The highest BCUT2D eigenvalue weighted by Crippen LogP contribution is 2.25. The van der Waals surface area contributed by atoms with Gasteiger partial charge in [0.05, 0.1) is 13.2 Å². The Morgan fingerprint density at radius 1 is 1.13 bits per heavy atom. The quantitative estimate of drug-likeness (QED) is 0.622. The molecule has 3 aromatic rings. The van der Waals surface area contributed by atoms with E-state index in [2.05, 4.69) is 15.0 Å². The van der Waals surface area contributed by atoms with Crippen molar-refractivity contribution in [1.82, 2.24) is 19.9 Å². The van der Waals surface area contributed by atoms with Crippen molar-refractivity contribution < 1.29 is 18.4 Å². The minimum atomic E-state index is -0.261. The lowest BCUT2D eigenvalue weighted by molar-refractivity contribution is 0.0551. The topological polar surface area (TPSA) is 71.7 Å². The molecule has 1 aliphatic heterocycles. The minimum Gasteiger partial charge on any atom is -0.497 e. The molecule has 1 amide bonds. The molecule has 0 aliphatic carbocycles. The predicted molar refractivity (Wildman–Crippen MR) is 113 cm³/mol. The maximum atomic E-state index is 13.5. The number of hydrogen-bond acceptors (Lipinski definition) is 6. The maximum Gasteiger partial charge on any atom is 0.253 e. The molecule has 0 N–H and O–H groups in total. The number of aromatic nitrogens is 2. The Morgan fingerprint density at radius 2 is 1.84 bits per heavy atom. The molecule has 31 heavy (non-hydrogen) atoms. The number of ether oxygens (including phenoxy) is 1. The standard InChI is InChI=1S/C23H25FN4O3/c1-15-14-18(6-9-20(15)24)21-25-22(31-26-21)16(2)27-10-12-28(13-11-27)23(29)17-4-7-19(30-3)8-5-17/h4-9,14,16H,10-13H2,1-3H3. The SMILES string of the molecule is COc1ccc(C(=O)N2CCN(C(C)c3nc(-c4ccc(F)c(C)c4)no3)CC2)cc1. The summed E-state index contributed by atoms with van der Waals surface area (Å²) in [6.07, 6.45) is 0. The van der Waals surface area contributed by atoms with E-state index in [-0.39, 0.29) is 17.8 Å². The van der Waals surface area contributed by atoms with Gasteiger partial charge < -0.3 is 14.2 Å². The number of halogens is 1. The maximum absolute atomic E-state index is 13.5. The number of piperazine rings is 1. The van der Waals surface area contributed by atoms with Gasteiger partial charge in [-0.1, -0.05) is 5.16 Å². The lowest BCUT2D eigenvalue weighted by atomic mass is 10.1. The third-order valence-electron chi connectivity index (χ3n) is 5.70. The molecule has 1 aromatic heterocycles. The number of benzene rings is 2. The Balaban J connectivity index is 1.38. The Labute approximate surface area is 180 Å². The third-order valence-corrected chi connectivity index (χ3v) is 5.70. The van der Waals surface area contributed by atoms with Crippen molar-refractivity contribution >= 4 is 5.91 Å². The summed E-state index contributed by atoms with van der Waals surface area (Å²) in [4.78, 5) is 21.3. The van der Waals surface area contributed by atoms with Gasteiger partial charge in [-0.15, -0.1) is 0 Å². The van der Waals surface area contributed by atoms with Crippen LogP contribution in [-0.4, -0.2) is 59.1 Å². The van der Waals surface area contributed by atoms with Gasteiger partial charge in [-0.05, 0) is 61.9 Å². The van der Waals surface area contributed by atoms with Crippen LogP contribution in [0.2, 0.25) is 0 Å². The van der Waals surface area contributed by atoms with Crippen LogP contribution in [0.5, 0.6) is 5.75 Å². The first-order valence-electron chi connectivity index (χ1n) is 10.2. The summed E-state index contributed by atoms with van der Waals surface area (Å²) in [5.74, 6) is 1.43. The summed E-state index contributed by atoms with van der Waals surface area (Å²) in [6, 6.07) is 11.8. The molecule has 0 bridgehead atoms. The second-order valence-electron chi connectivity index (χ2n) is 7.65. The molecule has 2 heterocycles. The van der Waals surface area contributed by atoms with E-state index in [4.69, 9.17) is 9.26 Å². The van der Waals surface area contributed by atoms with E-state index in [1.54, 1.807) is 50.4 Å². The number of amides is 1. The summed E-state index contributed by atoms with van der Waals surface area (Å²) in [7, 11) is 1.60. The zero-order valence-electron chi connectivity index (χ0n) is 17.8. The van der Waals surface area contributed by atoms with E-state index >= 15 is 0 Å². The Morgan fingerprint density at radius 3 is 2.48 bits per heavy atom. The highest BCUT2D eigenvalue weighted by Gasteiger charge is 2.28. The van der Waals surface area contributed by atoms with Crippen LogP contribution in [0.1, 0.15) is 34.8 Å². The van der Waals surface area contributed by atoms with Crippen molar-refractivity contribution in [2.75, 3.05) is 33.3 Å². The smallest absolute Gasteiger partial charge is 0.253 e. The van der Waals surface area contributed by atoms with Gasteiger partial charge in [-0.2, -0.15) is 4.98 Å². The summed E-state index contributed by atoms with van der Waals surface area (Å²) in [5, 5.41) is 4.06. The molecule has 1 aliphatic rings. The Bertz CT molecular complexity index is 1060. The lowest BCUT2D eigenvalue weighted by Gasteiger charge is -2.36. The fraction of sp³-hybridized carbons (Fsp3) is 0.348. The average Bonchev–Trinajstić information content (AvgIpc) is 3.30. The van der Waals surface area contributed by atoms with Crippen LogP contribution in [0.15, 0.2) is 47.0 Å². The molecule has 1 atom stereocenters. The van der Waals surface area contributed by atoms with Crippen LogP contribution in [0, 0.1) is 12.7 Å². The van der Waals surface area contributed by atoms with Gasteiger partial charge in [0.2, 0.25) is 11.7 Å². The molecular weight excluding hydrogens is 399 g/mol. The Kier molecular flexibility index (Phi) is 5.99. The molecule has 2 aromatic carbocycles. The summed E-state index contributed by atoms with van der Waals surface area (Å²) in [5.41, 5.74) is 1.91. The summed E-state index contributed by atoms with van der Waals surface area (Å²) in [6.45, 7) is 6.36. The molecule has 4 rings (SSSR count). The van der Waals surface area contributed by atoms with Gasteiger partial charge in [-0.3, -0.25) is 9.69 Å². The van der Waals surface area contributed by atoms with Crippen LogP contribution in [0.3, 0.4) is 0 Å². The second-order valence-corrected chi connectivity index (χ2v) is 7.65. The van der Waals surface area contributed by atoms with Crippen molar-refractivity contribution in [3.8, 4) is 17.1 Å². The third kappa shape index (κ3) is 4.44. The number of carbonyl (C=O) groups excluding carboxylic acids is 1. The van der Waals surface area contributed by atoms with Crippen molar-refractivity contribution in [2.24, 2.45) is 0 Å². The molecule has 1 fully saturated rings. The summed E-state index contributed by atoms with van der Waals surface area (Å²) >= 11 is 0. The zero-order valence-corrected chi connectivity index (χ0v) is 17.8. The first kappa shape index (κ1) is 21.0. The predicted octanol–water partition coefficient (Wildman–Crippen LogP) is 3.71. The van der Waals surface area contributed by atoms with Crippen molar-refractivity contribution in [3.63, 3.8) is 0 Å². The minimum absolute atomic E-state index is 0.0155. The van der Waals surface area contributed by atoms with Gasteiger partial charge in [0.25, 0.3) is 5.91 Å². The number of methoxy groups -OCH3 is 1. The second kappa shape index (κ2) is 8.85. The van der Waals surface area contributed by atoms with E-state index in [1.807, 2.05) is 11.8 Å². The van der Waals surface area contributed by atoms with Gasteiger partial charge in [0.1, 0.15) is 11.6 Å². The van der Waals surface area contributed by atoms with Crippen LogP contribution in [0.25, 0.3) is 11.4 Å². The van der Waals surface area contributed by atoms with Gasteiger partial charge in [-0.25, -0.2) is 4.39 Å². The normalized spacial score (nSPS) is 15.7. The van der Waals surface area contributed by atoms with Crippen LogP contribution >= 0.6 is 0 Å². The summed E-state index contributed by atoms with van der Waals surface area (Å²) < 4.78 is 24.1. The van der Waals surface area contributed by atoms with Crippen LogP contribution in [-0.2, 0) is 0 Å². The molecule has 0 spiro atoms. The first-order valence-corrected chi connectivity index (χ1v) is 10.2. The highest BCUT2D eigenvalue weighted by atomic mass is 19.1. The molecule has 162 valence electrons. The van der Waals surface area contributed by atoms with Gasteiger partial charge >= 0.3 is 0 Å². The highest BCUT2D eigenvalue weighted by molar-refractivity contribution is 5.94. The van der Waals surface area contributed by atoms with Crippen molar-refractivity contribution in [1.29, 1.82) is 0 Å². The van der Waals surface area contributed by atoms with Crippen molar-refractivity contribution in [2.45, 2.75) is 19.9 Å². The number of hydrogen-bond donors (Lipinski definition) is 0. The van der Waals surface area contributed by atoms with Gasteiger partial charge in [0.15, 0.2) is 0 Å². The number of carbonyl (C=O) groups is 1. The lowest BCUT2D eigenvalue weighted by Crippen LogP contribution is -2.49. The molecule has 1 unspecified atom stereocenters. The largest absolute Gasteiger partial charge is 0.497 e. The van der Waals surface area contributed by atoms with E-state index in [9.17, 15) is 9.18 Å². The molecular formula is C23H25FN4O3. The average molecular weight is 424 g/mol. The van der Waals surface area contributed by atoms with Crippen LogP contribution in [0.4, 0.5) is 4.39 Å². The molecule has 8 heteroatoms. The molecule has 1 saturated heterocycles. The van der Waals surface area contributed by atoms with E-state index in [0.29, 0.717) is 49.0 Å². The van der Waals surface area contributed by atoms with E-state index in [1.165, 1.54) is 6.07 Å².